The minimum atomic E-state index is 0.174. The fourth-order valence-corrected chi connectivity index (χ4v) is 2.08. The minimum absolute atomic E-state index is 0.174. The molecule has 4 nitrogen and oxygen atoms in total. The van der Waals surface area contributed by atoms with E-state index in [0.717, 1.165) is 37.4 Å². The van der Waals surface area contributed by atoms with E-state index in [1.165, 1.54) is 0 Å². The molecule has 0 aromatic heterocycles. The van der Waals surface area contributed by atoms with Crippen molar-refractivity contribution in [2.45, 2.75) is 6.42 Å². The first kappa shape index (κ1) is 12.9. The first-order chi connectivity index (χ1) is 8.72. The zero-order valence-electron chi connectivity index (χ0n) is 11.0. The van der Waals surface area contributed by atoms with Gasteiger partial charge in [0.2, 0.25) is 5.91 Å². The molecule has 0 radical (unpaired) electrons. The molecule has 1 saturated heterocycles. The van der Waals surface area contributed by atoms with Crippen LogP contribution in [0.5, 0.6) is 5.75 Å². The van der Waals surface area contributed by atoms with Crippen LogP contribution in [0.3, 0.4) is 0 Å². The number of benzene rings is 1. The van der Waals surface area contributed by atoms with Crippen LogP contribution in [0.2, 0.25) is 0 Å². The topological polar surface area (TPSA) is 41.6 Å². The Hall–Kier alpha value is -1.55. The number of carbonyl (C=O) groups excluding carboxylic acids is 1. The van der Waals surface area contributed by atoms with E-state index in [-0.39, 0.29) is 11.8 Å². The van der Waals surface area contributed by atoms with Crippen molar-refractivity contribution < 1.29 is 9.53 Å². The fraction of sp³-hybridized carbons (Fsp3) is 0.500. The molecule has 0 bridgehead atoms. The molecule has 98 valence electrons. The molecule has 1 heterocycles. The van der Waals surface area contributed by atoms with Gasteiger partial charge in [-0.05, 0) is 18.1 Å². The summed E-state index contributed by atoms with van der Waals surface area (Å²) in [5.74, 6) is 1.31. The third-order valence-corrected chi connectivity index (χ3v) is 3.42. The van der Waals surface area contributed by atoms with Gasteiger partial charge in [-0.15, -0.1) is 0 Å². The number of nitrogens with one attached hydrogen (secondary N) is 1. The Balaban J connectivity index is 1.88. The van der Waals surface area contributed by atoms with Crippen molar-refractivity contribution in [2.75, 3.05) is 33.8 Å². The van der Waals surface area contributed by atoms with Crippen LogP contribution in [0.1, 0.15) is 5.56 Å². The van der Waals surface area contributed by atoms with Crippen molar-refractivity contribution in [3.05, 3.63) is 29.8 Å². The molecule has 18 heavy (non-hydrogen) atoms. The highest BCUT2D eigenvalue weighted by molar-refractivity contribution is 5.79. The van der Waals surface area contributed by atoms with Gasteiger partial charge in [-0.1, -0.05) is 18.2 Å². The van der Waals surface area contributed by atoms with Crippen LogP contribution in [0.4, 0.5) is 0 Å². The molecule has 0 atom stereocenters. The highest BCUT2D eigenvalue weighted by Gasteiger charge is 2.27. The molecular formula is C14H20N2O2. The van der Waals surface area contributed by atoms with E-state index < -0.39 is 0 Å². The summed E-state index contributed by atoms with van der Waals surface area (Å²) in [4.78, 5) is 13.8. The maximum atomic E-state index is 12.0. The van der Waals surface area contributed by atoms with Crippen molar-refractivity contribution in [2.24, 2.45) is 5.92 Å². The maximum Gasteiger partial charge on any atom is 0.228 e. The molecule has 0 saturated carbocycles. The van der Waals surface area contributed by atoms with Crippen LogP contribution in [0, 0.1) is 5.92 Å². The average Bonchev–Trinajstić information content (AvgIpc) is 2.34. The quantitative estimate of drug-likeness (QED) is 0.842. The summed E-state index contributed by atoms with van der Waals surface area (Å²) in [5.41, 5.74) is 1.14. The van der Waals surface area contributed by atoms with Gasteiger partial charge < -0.3 is 15.0 Å². The predicted molar refractivity (Wildman–Crippen MR) is 70.7 cm³/mol. The van der Waals surface area contributed by atoms with Gasteiger partial charge >= 0.3 is 0 Å². The number of carbonyl (C=O) groups is 1. The van der Waals surface area contributed by atoms with Gasteiger partial charge in [-0.25, -0.2) is 0 Å². The normalized spacial score (nSPS) is 15.0. The molecule has 0 unspecified atom stereocenters. The van der Waals surface area contributed by atoms with E-state index in [9.17, 15) is 4.79 Å². The lowest BCUT2D eigenvalue weighted by Crippen LogP contribution is -2.51. The Morgan fingerprint density at radius 2 is 2.17 bits per heavy atom. The Morgan fingerprint density at radius 1 is 1.44 bits per heavy atom. The van der Waals surface area contributed by atoms with Crippen molar-refractivity contribution in [1.82, 2.24) is 10.2 Å². The molecule has 1 aliphatic heterocycles. The Labute approximate surface area is 108 Å². The third-order valence-electron chi connectivity index (χ3n) is 3.42. The smallest absolute Gasteiger partial charge is 0.228 e. The van der Waals surface area contributed by atoms with E-state index >= 15 is 0 Å². The Morgan fingerprint density at radius 3 is 2.78 bits per heavy atom. The van der Waals surface area contributed by atoms with E-state index in [1.54, 1.807) is 7.11 Å². The molecule has 1 amide bonds. The van der Waals surface area contributed by atoms with Crippen LogP contribution < -0.4 is 10.1 Å². The van der Waals surface area contributed by atoms with Crippen molar-refractivity contribution in [1.29, 1.82) is 0 Å². The molecule has 1 aromatic carbocycles. The molecule has 1 aliphatic rings. The van der Waals surface area contributed by atoms with Crippen molar-refractivity contribution in [3.63, 3.8) is 0 Å². The number of rotatable bonds is 5. The fourth-order valence-electron chi connectivity index (χ4n) is 2.08. The largest absolute Gasteiger partial charge is 0.496 e. The SMILES string of the molecule is COc1ccccc1CCN(C)C(=O)C1CNC1. The Kier molecular flexibility index (Phi) is 4.20. The molecule has 4 heteroatoms. The van der Waals surface area contributed by atoms with Gasteiger partial charge in [0, 0.05) is 26.7 Å². The second-order valence-corrected chi connectivity index (χ2v) is 4.68. The van der Waals surface area contributed by atoms with E-state index in [2.05, 4.69) is 5.32 Å². The van der Waals surface area contributed by atoms with Crippen LogP contribution in [0.15, 0.2) is 24.3 Å². The molecule has 2 rings (SSSR count). The lowest BCUT2D eigenvalue weighted by atomic mass is 10.0. The number of ether oxygens (including phenoxy) is 1. The zero-order chi connectivity index (χ0) is 13.0. The summed E-state index contributed by atoms with van der Waals surface area (Å²) in [7, 11) is 3.55. The van der Waals surface area contributed by atoms with Gasteiger partial charge in [-0.2, -0.15) is 0 Å². The number of methoxy groups -OCH3 is 1. The first-order valence-electron chi connectivity index (χ1n) is 6.30. The van der Waals surface area contributed by atoms with Crippen molar-refractivity contribution in [3.8, 4) is 5.75 Å². The molecule has 1 aromatic rings. The second-order valence-electron chi connectivity index (χ2n) is 4.68. The summed E-state index contributed by atoms with van der Waals surface area (Å²) in [6.07, 6.45) is 0.826. The van der Waals surface area contributed by atoms with Crippen LogP contribution in [0.25, 0.3) is 0 Å². The Bertz CT molecular complexity index is 416. The number of nitrogens with zero attached hydrogens (tertiary/aromatic N) is 1. The van der Waals surface area contributed by atoms with E-state index in [1.807, 2.05) is 36.2 Å². The van der Waals surface area contributed by atoms with Crippen LogP contribution in [-0.4, -0.2) is 44.6 Å². The summed E-state index contributed by atoms with van der Waals surface area (Å²) in [6.45, 7) is 2.37. The van der Waals surface area contributed by atoms with Gasteiger partial charge in [-0.3, -0.25) is 4.79 Å². The first-order valence-corrected chi connectivity index (χ1v) is 6.30. The lowest BCUT2D eigenvalue weighted by molar-refractivity contribution is -0.135. The lowest BCUT2D eigenvalue weighted by Gasteiger charge is -2.30. The highest BCUT2D eigenvalue weighted by Crippen LogP contribution is 2.18. The number of hydrogen-bond donors (Lipinski definition) is 1. The third kappa shape index (κ3) is 2.82. The minimum Gasteiger partial charge on any atom is -0.496 e. The average molecular weight is 248 g/mol. The molecule has 1 fully saturated rings. The molecular weight excluding hydrogens is 228 g/mol. The number of hydrogen-bond acceptors (Lipinski definition) is 3. The predicted octanol–water partition coefficient (Wildman–Crippen LogP) is 0.915. The molecule has 0 aliphatic carbocycles. The van der Waals surface area contributed by atoms with Gasteiger partial charge in [0.1, 0.15) is 5.75 Å². The monoisotopic (exact) mass is 248 g/mol. The molecule has 1 N–H and O–H groups in total. The summed E-state index contributed by atoms with van der Waals surface area (Å²) >= 11 is 0. The van der Waals surface area contributed by atoms with E-state index in [4.69, 9.17) is 4.74 Å². The van der Waals surface area contributed by atoms with E-state index in [0.29, 0.717) is 0 Å². The molecule has 0 spiro atoms. The second kappa shape index (κ2) is 5.87. The maximum absolute atomic E-state index is 12.0. The van der Waals surface area contributed by atoms with Crippen LogP contribution >= 0.6 is 0 Å². The van der Waals surface area contributed by atoms with Crippen molar-refractivity contribution >= 4 is 5.91 Å². The summed E-state index contributed by atoms with van der Waals surface area (Å²) < 4.78 is 5.30. The number of amides is 1. The number of likely N-dealkylation sites (N-methyl/N-ethyl adjacent to an activating group) is 1. The summed E-state index contributed by atoms with van der Waals surface area (Å²) in [6, 6.07) is 7.95. The van der Waals surface area contributed by atoms with Gasteiger partial charge in [0.05, 0.1) is 13.0 Å². The summed E-state index contributed by atoms with van der Waals surface area (Å²) in [5, 5.41) is 3.12. The van der Waals surface area contributed by atoms with Gasteiger partial charge in [0.15, 0.2) is 0 Å². The van der Waals surface area contributed by atoms with Gasteiger partial charge in [0.25, 0.3) is 0 Å². The standard InChI is InChI=1S/C14H20N2O2/c1-16(14(17)12-9-15-10-12)8-7-11-5-3-4-6-13(11)18-2/h3-6,12,15H,7-10H2,1-2H3. The van der Waals surface area contributed by atoms with Crippen LogP contribution in [-0.2, 0) is 11.2 Å². The zero-order valence-corrected chi connectivity index (χ0v) is 11.0. The number of para-hydroxylation sites is 1. The highest BCUT2D eigenvalue weighted by atomic mass is 16.5.